The number of rotatable bonds is 4. The lowest BCUT2D eigenvalue weighted by molar-refractivity contribution is -0.141. The van der Waals surface area contributed by atoms with Crippen LogP contribution in [0.1, 0.15) is 27.2 Å². The second-order valence-electron chi connectivity index (χ2n) is 7.12. The van der Waals surface area contributed by atoms with Crippen molar-refractivity contribution in [3.8, 4) is 16.3 Å². The molecule has 0 aliphatic carbocycles. The Morgan fingerprint density at radius 2 is 1.77 bits per heavy atom. The molecule has 1 N–H and O–H groups in total. The molecule has 2 heterocycles. The number of benzene rings is 2. The summed E-state index contributed by atoms with van der Waals surface area (Å²) >= 11 is 1.33. The monoisotopic (exact) mass is 441 g/mol. The zero-order valence-electron chi connectivity index (χ0n) is 16.7. The summed E-state index contributed by atoms with van der Waals surface area (Å²) in [5.74, 6) is -0.296. The van der Waals surface area contributed by atoms with E-state index in [9.17, 15) is 18.0 Å². The van der Waals surface area contributed by atoms with Crippen molar-refractivity contribution in [2.24, 2.45) is 0 Å². The topological polar surface area (TPSA) is 46.9 Å². The summed E-state index contributed by atoms with van der Waals surface area (Å²) in [4.78, 5) is 13.3. The molecule has 0 saturated heterocycles. The minimum atomic E-state index is -4.55. The third-order valence-corrected chi connectivity index (χ3v) is 5.68. The molecule has 2 aromatic heterocycles. The third kappa shape index (κ3) is 4.39. The van der Waals surface area contributed by atoms with Crippen LogP contribution in [-0.4, -0.2) is 15.7 Å². The van der Waals surface area contributed by atoms with Crippen LogP contribution in [0.2, 0.25) is 0 Å². The first-order valence-corrected chi connectivity index (χ1v) is 10.3. The van der Waals surface area contributed by atoms with Crippen LogP contribution >= 0.6 is 11.3 Å². The van der Waals surface area contributed by atoms with Crippen LogP contribution in [0.5, 0.6) is 0 Å². The highest BCUT2D eigenvalue weighted by Crippen LogP contribution is 2.34. The molecule has 0 radical (unpaired) electrons. The van der Waals surface area contributed by atoms with Gasteiger partial charge in [0.2, 0.25) is 0 Å². The van der Waals surface area contributed by atoms with Gasteiger partial charge < -0.3 is 5.32 Å². The van der Waals surface area contributed by atoms with Gasteiger partial charge in [0.1, 0.15) is 0 Å². The van der Waals surface area contributed by atoms with Gasteiger partial charge in [0.05, 0.1) is 16.3 Å². The van der Waals surface area contributed by atoms with Crippen molar-refractivity contribution in [1.29, 1.82) is 0 Å². The number of carbonyl (C=O) groups excluding carboxylic acids is 1. The molecule has 31 heavy (non-hydrogen) atoms. The van der Waals surface area contributed by atoms with Gasteiger partial charge in [0.25, 0.3) is 5.91 Å². The first-order chi connectivity index (χ1) is 14.7. The van der Waals surface area contributed by atoms with E-state index < -0.39 is 11.9 Å². The largest absolute Gasteiger partial charge is 0.435 e. The first kappa shape index (κ1) is 20.9. The Balaban J connectivity index is 1.64. The van der Waals surface area contributed by atoms with Crippen LogP contribution in [0.15, 0.2) is 66.0 Å². The molecule has 4 rings (SSSR count). The van der Waals surface area contributed by atoms with Crippen molar-refractivity contribution in [3.63, 3.8) is 0 Å². The number of aromatic nitrogens is 2. The first-order valence-electron chi connectivity index (χ1n) is 9.42. The lowest BCUT2D eigenvalue weighted by Gasteiger charge is -2.11. The summed E-state index contributed by atoms with van der Waals surface area (Å²) in [6.45, 7) is 3.84. The zero-order valence-corrected chi connectivity index (χ0v) is 17.5. The highest BCUT2D eigenvalue weighted by molar-refractivity contribution is 7.13. The van der Waals surface area contributed by atoms with E-state index in [0.29, 0.717) is 21.8 Å². The van der Waals surface area contributed by atoms with Crippen molar-refractivity contribution in [2.75, 3.05) is 5.32 Å². The molecule has 0 bridgehead atoms. The van der Waals surface area contributed by atoms with Crippen molar-refractivity contribution >= 4 is 22.9 Å². The molecule has 1 amide bonds. The molecule has 158 valence electrons. The molecular weight excluding hydrogens is 423 g/mol. The van der Waals surface area contributed by atoms with Gasteiger partial charge in [-0.15, -0.1) is 11.3 Å². The average Bonchev–Trinajstić information content (AvgIpc) is 3.40. The van der Waals surface area contributed by atoms with E-state index >= 15 is 0 Å². The fraction of sp³-hybridized carbons (Fsp3) is 0.130. The number of carbonyl (C=O) groups is 1. The van der Waals surface area contributed by atoms with Crippen molar-refractivity contribution < 1.29 is 18.0 Å². The number of nitrogens with zero attached hydrogens (tertiary/aromatic N) is 2. The van der Waals surface area contributed by atoms with Gasteiger partial charge in [-0.25, -0.2) is 4.68 Å². The van der Waals surface area contributed by atoms with Gasteiger partial charge >= 0.3 is 6.18 Å². The Kier molecular flexibility index (Phi) is 5.41. The predicted molar refractivity (Wildman–Crippen MR) is 116 cm³/mol. The van der Waals surface area contributed by atoms with Crippen LogP contribution in [0.3, 0.4) is 0 Å². The molecule has 0 saturated carbocycles. The number of hydrogen-bond acceptors (Lipinski definition) is 3. The van der Waals surface area contributed by atoms with E-state index in [1.165, 1.54) is 16.0 Å². The number of hydrogen-bond donors (Lipinski definition) is 1. The maximum atomic E-state index is 13.3. The second-order valence-corrected chi connectivity index (χ2v) is 8.07. The maximum Gasteiger partial charge on any atom is 0.435 e. The molecule has 0 atom stereocenters. The standard InChI is InChI=1S/C23H18F3N3OS/c1-14-5-6-15(2)18(12-14)27-22(30)16-7-9-17(10-8-16)29-19(20-4-3-11-31-20)13-21(28-29)23(24,25)26/h3-13H,1-2H3,(H,27,30). The highest BCUT2D eigenvalue weighted by Gasteiger charge is 2.35. The van der Waals surface area contributed by atoms with Gasteiger partial charge in [-0.3, -0.25) is 4.79 Å². The Morgan fingerprint density at radius 3 is 2.42 bits per heavy atom. The fourth-order valence-corrected chi connectivity index (χ4v) is 3.86. The average molecular weight is 441 g/mol. The summed E-state index contributed by atoms with van der Waals surface area (Å²) in [5.41, 5.74) is 2.88. The van der Waals surface area contributed by atoms with Gasteiger partial charge in [0.15, 0.2) is 5.69 Å². The summed E-state index contributed by atoms with van der Waals surface area (Å²) in [7, 11) is 0. The van der Waals surface area contributed by atoms with Gasteiger partial charge in [-0.05, 0) is 72.8 Å². The number of nitrogens with one attached hydrogen (secondary N) is 1. The van der Waals surface area contributed by atoms with Crippen LogP contribution in [0.25, 0.3) is 16.3 Å². The molecule has 0 spiro atoms. The van der Waals surface area contributed by atoms with E-state index in [-0.39, 0.29) is 5.91 Å². The number of amides is 1. The minimum absolute atomic E-state index is 0.296. The van der Waals surface area contributed by atoms with Crippen LogP contribution in [0.4, 0.5) is 18.9 Å². The SMILES string of the molecule is Cc1ccc(C)c(NC(=O)c2ccc(-n3nc(C(F)(F)F)cc3-c3cccs3)cc2)c1. The van der Waals surface area contributed by atoms with E-state index in [2.05, 4.69) is 10.4 Å². The predicted octanol–water partition coefficient (Wildman–Crippen LogP) is 6.49. The number of aryl methyl sites for hydroxylation is 2. The quantitative estimate of drug-likeness (QED) is 0.394. The molecule has 4 aromatic rings. The maximum absolute atomic E-state index is 13.3. The lowest BCUT2D eigenvalue weighted by Crippen LogP contribution is -2.13. The minimum Gasteiger partial charge on any atom is -0.322 e. The molecule has 0 aliphatic rings. The Bertz CT molecular complexity index is 1230. The highest BCUT2D eigenvalue weighted by atomic mass is 32.1. The van der Waals surface area contributed by atoms with E-state index in [4.69, 9.17) is 0 Å². The second kappa shape index (κ2) is 8.03. The number of alkyl halides is 3. The summed E-state index contributed by atoms with van der Waals surface area (Å²) in [6.07, 6.45) is -4.55. The fourth-order valence-electron chi connectivity index (χ4n) is 3.14. The van der Waals surface area contributed by atoms with Crippen molar-refractivity contribution in [2.45, 2.75) is 20.0 Å². The number of thiophene rings is 1. The summed E-state index contributed by atoms with van der Waals surface area (Å²) in [6, 6.07) is 16.6. The van der Waals surface area contributed by atoms with Crippen LogP contribution in [0, 0.1) is 13.8 Å². The Morgan fingerprint density at radius 1 is 1.03 bits per heavy atom. The lowest BCUT2D eigenvalue weighted by atomic mass is 10.1. The van der Waals surface area contributed by atoms with Gasteiger partial charge in [-0.1, -0.05) is 18.2 Å². The molecule has 4 nitrogen and oxygen atoms in total. The van der Waals surface area contributed by atoms with Gasteiger partial charge in [-0.2, -0.15) is 18.3 Å². The van der Waals surface area contributed by atoms with Crippen LogP contribution in [-0.2, 0) is 6.18 Å². The smallest absolute Gasteiger partial charge is 0.322 e. The van der Waals surface area contributed by atoms with Crippen molar-refractivity contribution in [3.05, 3.63) is 88.4 Å². The molecular formula is C23H18F3N3OS. The summed E-state index contributed by atoms with van der Waals surface area (Å²) < 4.78 is 41.0. The normalized spacial score (nSPS) is 11.5. The van der Waals surface area contributed by atoms with E-state index in [1.54, 1.807) is 41.8 Å². The van der Waals surface area contributed by atoms with Gasteiger partial charge in [0, 0.05) is 11.3 Å². The Hall–Kier alpha value is -3.39. The number of halogens is 3. The summed E-state index contributed by atoms with van der Waals surface area (Å²) in [5, 5.41) is 8.44. The molecule has 8 heteroatoms. The van der Waals surface area contributed by atoms with E-state index in [0.717, 1.165) is 22.9 Å². The molecule has 0 unspecified atom stereocenters. The molecule has 0 fully saturated rings. The molecule has 0 aliphatic heterocycles. The van der Waals surface area contributed by atoms with E-state index in [1.807, 2.05) is 32.0 Å². The molecule has 2 aromatic carbocycles. The number of anilines is 1. The third-order valence-electron chi connectivity index (χ3n) is 4.79. The van der Waals surface area contributed by atoms with Crippen molar-refractivity contribution in [1.82, 2.24) is 9.78 Å². The zero-order chi connectivity index (χ0) is 22.2. The Labute approximate surface area is 181 Å². The van der Waals surface area contributed by atoms with Crippen LogP contribution < -0.4 is 5.32 Å².